The van der Waals surface area contributed by atoms with E-state index in [1.165, 1.54) is 0 Å². The smallest absolute Gasteiger partial charge is 0.423 e. The second-order valence-electron chi connectivity index (χ2n) is 5.64. The summed E-state index contributed by atoms with van der Waals surface area (Å²) in [4.78, 5) is 6.84. The quantitative estimate of drug-likeness (QED) is 0.488. The molecule has 20 heavy (non-hydrogen) atoms. The first-order chi connectivity index (χ1) is 9.04. The molecule has 0 saturated carbocycles. The number of nitrogens with one attached hydrogen (secondary N) is 1. The van der Waals surface area contributed by atoms with Crippen molar-refractivity contribution in [3.05, 3.63) is 24.5 Å². The van der Waals surface area contributed by atoms with Crippen molar-refractivity contribution >= 4 is 23.6 Å². The van der Waals surface area contributed by atoms with Gasteiger partial charge in [0, 0.05) is 23.2 Å². The lowest BCUT2D eigenvalue weighted by Gasteiger charge is -2.31. The van der Waals surface area contributed by atoms with E-state index in [-0.39, 0.29) is 0 Å². The van der Waals surface area contributed by atoms with E-state index in [4.69, 9.17) is 20.3 Å². The molecule has 2 aromatic rings. The molecule has 0 aliphatic heterocycles. The van der Waals surface area contributed by atoms with Crippen LogP contribution in [0.1, 0.15) is 27.7 Å². The van der Waals surface area contributed by atoms with Crippen molar-refractivity contribution in [2.75, 3.05) is 0 Å². The molecule has 0 saturated heterocycles. The Kier molecular flexibility index (Phi) is 4.93. The van der Waals surface area contributed by atoms with E-state index >= 15 is 0 Å². The van der Waals surface area contributed by atoms with Gasteiger partial charge in [-0.05, 0) is 33.8 Å². The van der Waals surface area contributed by atoms with Gasteiger partial charge in [-0.3, -0.25) is 0 Å². The van der Waals surface area contributed by atoms with Crippen LogP contribution in [0.3, 0.4) is 0 Å². The Labute approximate surface area is 118 Å². The minimum absolute atomic E-state index is 0.457. The van der Waals surface area contributed by atoms with Gasteiger partial charge >= 0.3 is 7.12 Å². The largest absolute Gasteiger partial charge is 0.490 e. The Morgan fingerprint density at radius 3 is 2.10 bits per heavy atom. The fourth-order valence-electron chi connectivity index (χ4n) is 1.19. The summed E-state index contributed by atoms with van der Waals surface area (Å²) < 4.78 is 0. The Bertz CT molecular complexity index is 543. The summed E-state index contributed by atoms with van der Waals surface area (Å²) in [6.45, 7) is 6.31. The lowest BCUT2D eigenvalue weighted by molar-refractivity contribution is -0.107. The summed E-state index contributed by atoms with van der Waals surface area (Å²) >= 11 is 0. The molecule has 0 amide bonds. The van der Waals surface area contributed by atoms with Gasteiger partial charge in [0.25, 0.3) is 0 Å². The molecule has 0 aliphatic rings. The van der Waals surface area contributed by atoms with E-state index in [1.54, 1.807) is 52.2 Å². The summed E-state index contributed by atoms with van der Waals surface area (Å²) in [6.07, 6.45) is 3.19. The molecule has 0 fully saturated rings. The zero-order valence-electron chi connectivity index (χ0n) is 12.1. The highest BCUT2D eigenvalue weighted by Crippen LogP contribution is 2.19. The van der Waals surface area contributed by atoms with Gasteiger partial charge in [0.15, 0.2) is 0 Å². The first-order valence-corrected chi connectivity index (χ1v) is 6.27. The number of aromatic amines is 1. The van der Waals surface area contributed by atoms with E-state index in [2.05, 4.69) is 9.97 Å². The number of aliphatic hydroxyl groups is 2. The predicted molar refractivity (Wildman–Crippen MR) is 78.5 cm³/mol. The maximum Gasteiger partial charge on any atom is 0.490 e. The van der Waals surface area contributed by atoms with Crippen molar-refractivity contribution in [3.63, 3.8) is 0 Å². The van der Waals surface area contributed by atoms with Gasteiger partial charge < -0.3 is 25.2 Å². The van der Waals surface area contributed by atoms with Crippen molar-refractivity contribution in [2.24, 2.45) is 0 Å². The molecule has 6 nitrogen and oxygen atoms in total. The highest BCUT2D eigenvalue weighted by atomic mass is 16.4. The lowest BCUT2D eigenvalue weighted by atomic mass is 9.80. The van der Waals surface area contributed by atoms with Crippen LogP contribution in [0.5, 0.6) is 0 Å². The molecule has 0 bridgehead atoms. The van der Waals surface area contributed by atoms with Crippen LogP contribution in [0, 0.1) is 0 Å². The van der Waals surface area contributed by atoms with Crippen molar-refractivity contribution in [3.8, 4) is 0 Å². The molecule has 0 spiro atoms. The summed E-state index contributed by atoms with van der Waals surface area (Å²) in [5, 5.41) is 36.8. The van der Waals surface area contributed by atoms with Crippen LogP contribution in [-0.4, -0.2) is 48.5 Å². The molecule has 110 valence electrons. The molecule has 2 heterocycles. The van der Waals surface area contributed by atoms with Crippen LogP contribution >= 0.6 is 0 Å². The van der Waals surface area contributed by atoms with Gasteiger partial charge in [-0.2, -0.15) is 0 Å². The fraction of sp³-hybridized carbons (Fsp3) is 0.462. The Hall–Kier alpha value is -1.41. The first-order valence-electron chi connectivity index (χ1n) is 6.27. The highest BCUT2D eigenvalue weighted by molar-refractivity contribution is 6.61. The van der Waals surface area contributed by atoms with E-state index in [0.29, 0.717) is 11.1 Å². The molecule has 7 heteroatoms. The lowest BCUT2D eigenvalue weighted by Crippen LogP contribution is -2.44. The number of hydrogen-bond donors (Lipinski definition) is 5. The molecule has 0 unspecified atom stereocenters. The third-order valence-electron chi connectivity index (χ3n) is 3.26. The molecule has 0 aliphatic carbocycles. The minimum atomic E-state index is -1.44. The Balaban J connectivity index is 0.000000221. The van der Waals surface area contributed by atoms with Crippen molar-refractivity contribution < 1.29 is 20.3 Å². The van der Waals surface area contributed by atoms with Crippen LogP contribution < -0.4 is 5.46 Å². The van der Waals surface area contributed by atoms with Crippen LogP contribution in [-0.2, 0) is 0 Å². The maximum absolute atomic E-state index is 9.10. The van der Waals surface area contributed by atoms with E-state index in [1.807, 2.05) is 0 Å². The number of H-pyrrole nitrogens is 1. The van der Waals surface area contributed by atoms with Gasteiger partial charge in [-0.15, -0.1) is 0 Å². The van der Waals surface area contributed by atoms with E-state index < -0.39 is 18.3 Å². The second kappa shape index (κ2) is 5.93. The molecule has 0 atom stereocenters. The number of nitrogens with zero attached hydrogens (tertiary/aromatic N) is 1. The fourth-order valence-corrected chi connectivity index (χ4v) is 1.19. The second-order valence-corrected chi connectivity index (χ2v) is 5.64. The van der Waals surface area contributed by atoms with Gasteiger partial charge in [0.1, 0.15) is 5.65 Å². The third-order valence-corrected chi connectivity index (χ3v) is 3.26. The van der Waals surface area contributed by atoms with Crippen molar-refractivity contribution in [1.82, 2.24) is 9.97 Å². The van der Waals surface area contributed by atoms with Gasteiger partial charge in [0.05, 0.1) is 11.2 Å². The standard InChI is InChI=1S/C7H7BN2O2.C6H14O2/c11-8(12)6-4-10-7-5(6)2-1-3-9-7;1-5(2,7)6(3,4)8/h1-4,11-12H,(H,9,10);7-8H,1-4H3. The van der Waals surface area contributed by atoms with Gasteiger partial charge in [-0.1, -0.05) is 6.07 Å². The Morgan fingerprint density at radius 1 is 1.10 bits per heavy atom. The van der Waals surface area contributed by atoms with Crippen LogP contribution in [0.4, 0.5) is 0 Å². The van der Waals surface area contributed by atoms with E-state index in [0.717, 1.165) is 5.39 Å². The molecular weight excluding hydrogens is 259 g/mol. The number of fused-ring (bicyclic) bond motifs is 1. The van der Waals surface area contributed by atoms with Gasteiger partial charge in [0.2, 0.25) is 0 Å². The topological polar surface area (TPSA) is 110 Å². The molecule has 2 rings (SSSR count). The Morgan fingerprint density at radius 2 is 1.65 bits per heavy atom. The first kappa shape index (κ1) is 16.6. The SMILES string of the molecule is CC(C)(O)C(C)(C)O.OB(O)c1c[nH]c2ncccc12. The molecule has 5 N–H and O–H groups in total. The van der Waals surface area contributed by atoms with Crippen LogP contribution in [0.2, 0.25) is 0 Å². The monoisotopic (exact) mass is 280 g/mol. The molecule has 2 aromatic heterocycles. The van der Waals surface area contributed by atoms with Crippen LogP contribution in [0.15, 0.2) is 24.5 Å². The number of pyridine rings is 1. The maximum atomic E-state index is 9.10. The number of hydrogen-bond acceptors (Lipinski definition) is 5. The van der Waals surface area contributed by atoms with Gasteiger partial charge in [-0.25, -0.2) is 4.98 Å². The molecule has 0 aromatic carbocycles. The highest BCUT2D eigenvalue weighted by Gasteiger charge is 2.31. The summed E-state index contributed by atoms with van der Waals surface area (Å²) in [5.74, 6) is 0. The summed E-state index contributed by atoms with van der Waals surface area (Å²) in [6, 6.07) is 3.54. The van der Waals surface area contributed by atoms with Crippen molar-refractivity contribution in [2.45, 2.75) is 38.9 Å². The average molecular weight is 280 g/mol. The average Bonchev–Trinajstić information content (AvgIpc) is 2.70. The normalized spacial score (nSPS) is 12.0. The number of aromatic nitrogens is 2. The molecule has 0 radical (unpaired) electrons. The van der Waals surface area contributed by atoms with Crippen LogP contribution in [0.25, 0.3) is 11.0 Å². The molecular formula is C13H21BN2O4. The summed E-state index contributed by atoms with van der Waals surface area (Å²) in [7, 11) is -1.44. The predicted octanol–water partition coefficient (Wildman–Crippen LogP) is -0.229. The zero-order valence-corrected chi connectivity index (χ0v) is 12.1. The van der Waals surface area contributed by atoms with Crippen molar-refractivity contribution in [1.29, 1.82) is 0 Å². The zero-order chi connectivity index (χ0) is 15.6. The third kappa shape index (κ3) is 4.04. The number of rotatable bonds is 2. The van der Waals surface area contributed by atoms with E-state index in [9.17, 15) is 0 Å². The minimum Gasteiger partial charge on any atom is -0.423 e. The summed E-state index contributed by atoms with van der Waals surface area (Å²) in [5.41, 5.74) is -0.890.